The normalized spacial score (nSPS) is 14.2. The number of hydrogen-bond donors (Lipinski definition) is 0. The molecule has 156 valence electrons. The van der Waals surface area contributed by atoms with Gasteiger partial charge in [-0.05, 0) is 25.1 Å². The number of carbonyl (C=O) groups is 1. The number of ether oxygens (including phenoxy) is 1. The van der Waals surface area contributed by atoms with Crippen molar-refractivity contribution in [2.75, 3.05) is 26.3 Å². The number of carbonyl (C=O) groups excluding carboxylic acids is 1. The van der Waals surface area contributed by atoms with Crippen molar-refractivity contribution in [3.8, 4) is 17.1 Å². The maximum atomic E-state index is 14.1. The first kappa shape index (κ1) is 19.3. The van der Waals surface area contributed by atoms with Crippen molar-refractivity contribution in [2.45, 2.75) is 6.92 Å². The number of benzene rings is 2. The SMILES string of the molecule is Cc1nn(-c2ncc(-c3ccccc3F)cn2)c2cc(C(=O)N3CCOCC3)ccc12. The predicted molar refractivity (Wildman–Crippen MR) is 114 cm³/mol. The third-order valence-corrected chi connectivity index (χ3v) is 5.42. The van der Waals surface area contributed by atoms with Gasteiger partial charge in [-0.3, -0.25) is 4.79 Å². The Bertz CT molecular complexity index is 1260. The maximum Gasteiger partial charge on any atom is 0.254 e. The lowest BCUT2D eigenvalue weighted by Gasteiger charge is -2.26. The molecule has 4 aromatic rings. The Kier molecular flexibility index (Phi) is 4.91. The summed E-state index contributed by atoms with van der Waals surface area (Å²) in [5.41, 5.74) is 3.16. The minimum atomic E-state index is -0.328. The van der Waals surface area contributed by atoms with E-state index < -0.39 is 0 Å². The fourth-order valence-electron chi connectivity index (χ4n) is 3.77. The summed E-state index contributed by atoms with van der Waals surface area (Å²) in [6, 6.07) is 12.0. The van der Waals surface area contributed by atoms with Crippen molar-refractivity contribution in [3.63, 3.8) is 0 Å². The lowest BCUT2D eigenvalue weighted by Crippen LogP contribution is -2.40. The number of amides is 1. The van der Waals surface area contributed by atoms with E-state index in [0.717, 1.165) is 16.6 Å². The van der Waals surface area contributed by atoms with Gasteiger partial charge in [-0.15, -0.1) is 0 Å². The molecule has 0 aliphatic carbocycles. The van der Waals surface area contributed by atoms with Crippen LogP contribution in [0.3, 0.4) is 0 Å². The molecule has 1 amide bonds. The number of aromatic nitrogens is 4. The number of morpholine rings is 1. The van der Waals surface area contributed by atoms with Crippen molar-refractivity contribution < 1.29 is 13.9 Å². The van der Waals surface area contributed by atoms with Crippen LogP contribution in [-0.2, 0) is 4.74 Å². The molecule has 1 aliphatic heterocycles. The number of fused-ring (bicyclic) bond motifs is 1. The summed E-state index contributed by atoms with van der Waals surface area (Å²) in [5.74, 6) is -0.00826. The topological polar surface area (TPSA) is 73.1 Å². The van der Waals surface area contributed by atoms with E-state index in [1.165, 1.54) is 6.07 Å². The Morgan fingerprint density at radius 2 is 1.81 bits per heavy atom. The van der Waals surface area contributed by atoms with Crippen LogP contribution in [0, 0.1) is 12.7 Å². The average molecular weight is 417 g/mol. The van der Waals surface area contributed by atoms with Crippen LogP contribution in [0.2, 0.25) is 0 Å². The highest BCUT2D eigenvalue weighted by atomic mass is 19.1. The average Bonchev–Trinajstić information content (AvgIpc) is 3.15. The molecule has 2 aromatic carbocycles. The zero-order chi connectivity index (χ0) is 21.4. The van der Waals surface area contributed by atoms with Crippen LogP contribution >= 0.6 is 0 Å². The fraction of sp³-hybridized carbons (Fsp3) is 0.217. The van der Waals surface area contributed by atoms with Gasteiger partial charge in [-0.1, -0.05) is 24.3 Å². The minimum Gasteiger partial charge on any atom is -0.378 e. The van der Waals surface area contributed by atoms with Crippen molar-refractivity contribution in [1.29, 1.82) is 0 Å². The molecule has 0 N–H and O–H groups in total. The summed E-state index contributed by atoms with van der Waals surface area (Å²) in [4.78, 5) is 23.5. The van der Waals surface area contributed by atoms with E-state index in [4.69, 9.17) is 4.74 Å². The molecule has 2 aromatic heterocycles. The molecule has 1 fully saturated rings. The predicted octanol–water partition coefficient (Wildman–Crippen LogP) is 3.40. The maximum absolute atomic E-state index is 14.1. The lowest BCUT2D eigenvalue weighted by molar-refractivity contribution is 0.0303. The number of halogens is 1. The van der Waals surface area contributed by atoms with E-state index in [2.05, 4.69) is 15.1 Å². The Labute approximate surface area is 178 Å². The summed E-state index contributed by atoms with van der Waals surface area (Å²) < 4.78 is 21.0. The Hall–Kier alpha value is -3.65. The standard InChI is InChI=1S/C23H20FN5O2/c1-15-18-7-6-16(22(30)28-8-10-31-11-9-28)12-21(18)29(27-15)23-25-13-17(14-26-23)19-4-2-3-5-20(19)24/h2-7,12-14H,8-11H2,1H3. The third kappa shape index (κ3) is 3.55. The van der Waals surface area contributed by atoms with Gasteiger partial charge >= 0.3 is 0 Å². The van der Waals surface area contributed by atoms with Gasteiger partial charge in [0.05, 0.1) is 24.4 Å². The highest BCUT2D eigenvalue weighted by Crippen LogP contribution is 2.25. The lowest BCUT2D eigenvalue weighted by atomic mass is 10.1. The molecule has 0 unspecified atom stereocenters. The third-order valence-electron chi connectivity index (χ3n) is 5.42. The molecule has 0 spiro atoms. The molecule has 0 atom stereocenters. The molecule has 1 saturated heterocycles. The summed E-state index contributed by atoms with van der Waals surface area (Å²) in [7, 11) is 0. The minimum absolute atomic E-state index is 0.0357. The second kappa shape index (κ2) is 7.88. The van der Waals surface area contributed by atoms with Gasteiger partial charge in [0.25, 0.3) is 11.9 Å². The van der Waals surface area contributed by atoms with Gasteiger partial charge in [0.15, 0.2) is 0 Å². The van der Waals surface area contributed by atoms with Crippen LogP contribution < -0.4 is 0 Å². The largest absolute Gasteiger partial charge is 0.378 e. The van der Waals surface area contributed by atoms with Crippen molar-refractivity contribution in [2.24, 2.45) is 0 Å². The first-order valence-electron chi connectivity index (χ1n) is 10.1. The van der Waals surface area contributed by atoms with Gasteiger partial charge < -0.3 is 9.64 Å². The van der Waals surface area contributed by atoms with E-state index in [9.17, 15) is 9.18 Å². The molecule has 5 rings (SSSR count). The second-order valence-corrected chi connectivity index (χ2v) is 7.39. The number of nitrogens with zero attached hydrogens (tertiary/aromatic N) is 5. The van der Waals surface area contributed by atoms with Gasteiger partial charge in [0, 0.05) is 47.6 Å². The zero-order valence-electron chi connectivity index (χ0n) is 17.0. The summed E-state index contributed by atoms with van der Waals surface area (Å²) in [6.45, 7) is 4.15. The molecule has 7 nitrogen and oxygen atoms in total. The smallest absolute Gasteiger partial charge is 0.254 e. The first-order valence-corrected chi connectivity index (χ1v) is 10.1. The van der Waals surface area contributed by atoms with E-state index in [-0.39, 0.29) is 11.7 Å². The van der Waals surface area contributed by atoms with E-state index in [1.54, 1.807) is 40.2 Å². The van der Waals surface area contributed by atoms with Gasteiger partial charge in [-0.2, -0.15) is 9.78 Å². The molecule has 1 aliphatic rings. The number of aryl methyl sites for hydroxylation is 1. The van der Waals surface area contributed by atoms with Crippen LogP contribution in [0.15, 0.2) is 54.9 Å². The molecule has 8 heteroatoms. The molecule has 0 saturated carbocycles. The molecule has 0 radical (unpaired) electrons. The summed E-state index contributed by atoms with van der Waals surface area (Å²) in [6.07, 6.45) is 3.15. The quantitative estimate of drug-likeness (QED) is 0.511. The van der Waals surface area contributed by atoms with Crippen LogP contribution in [0.4, 0.5) is 4.39 Å². The number of rotatable bonds is 3. The zero-order valence-corrected chi connectivity index (χ0v) is 17.0. The Morgan fingerprint density at radius 3 is 2.55 bits per heavy atom. The molecule has 3 heterocycles. The van der Waals surface area contributed by atoms with Gasteiger partial charge in [0.1, 0.15) is 5.82 Å². The highest BCUT2D eigenvalue weighted by Gasteiger charge is 2.20. The van der Waals surface area contributed by atoms with Gasteiger partial charge in [-0.25, -0.2) is 14.4 Å². The fourth-order valence-corrected chi connectivity index (χ4v) is 3.77. The monoisotopic (exact) mass is 417 g/mol. The Balaban J connectivity index is 1.52. The second-order valence-electron chi connectivity index (χ2n) is 7.39. The number of hydrogen-bond acceptors (Lipinski definition) is 5. The first-order chi connectivity index (χ1) is 15.1. The Morgan fingerprint density at radius 1 is 1.06 bits per heavy atom. The van der Waals surface area contributed by atoms with Crippen LogP contribution in [0.1, 0.15) is 16.1 Å². The molecular formula is C23H20FN5O2. The molecular weight excluding hydrogens is 397 g/mol. The van der Waals surface area contributed by atoms with Crippen LogP contribution in [0.5, 0.6) is 0 Å². The van der Waals surface area contributed by atoms with Crippen molar-refractivity contribution >= 4 is 16.8 Å². The van der Waals surface area contributed by atoms with Gasteiger partial charge in [0.2, 0.25) is 0 Å². The van der Waals surface area contributed by atoms with E-state index in [0.29, 0.717) is 48.9 Å². The van der Waals surface area contributed by atoms with Crippen LogP contribution in [-0.4, -0.2) is 56.9 Å². The van der Waals surface area contributed by atoms with Crippen LogP contribution in [0.25, 0.3) is 28.0 Å². The summed E-state index contributed by atoms with van der Waals surface area (Å²) >= 11 is 0. The van der Waals surface area contributed by atoms with E-state index in [1.807, 2.05) is 25.1 Å². The van der Waals surface area contributed by atoms with Crippen molar-refractivity contribution in [3.05, 3.63) is 71.9 Å². The highest BCUT2D eigenvalue weighted by molar-refractivity contribution is 5.98. The summed E-state index contributed by atoms with van der Waals surface area (Å²) in [5, 5.41) is 5.48. The van der Waals surface area contributed by atoms with E-state index >= 15 is 0 Å². The van der Waals surface area contributed by atoms with Crippen molar-refractivity contribution in [1.82, 2.24) is 24.6 Å². The molecule has 31 heavy (non-hydrogen) atoms. The molecule has 0 bridgehead atoms.